The number of imide groups is 1. The van der Waals surface area contributed by atoms with Gasteiger partial charge in [0.2, 0.25) is 0 Å². The van der Waals surface area contributed by atoms with Crippen LogP contribution in [0.1, 0.15) is 33.5 Å². The number of hydrogen-bond donors (Lipinski definition) is 1. The average molecular weight is 449 g/mol. The fourth-order valence-corrected chi connectivity index (χ4v) is 4.94. The molecule has 9 heteroatoms. The van der Waals surface area contributed by atoms with Gasteiger partial charge < -0.3 is 23.9 Å². The van der Waals surface area contributed by atoms with Gasteiger partial charge in [0.05, 0.1) is 41.9 Å². The fraction of sp³-hybridized carbons (Fsp3) is 0.375. The minimum atomic E-state index is -0.627. The van der Waals surface area contributed by atoms with E-state index >= 15 is 0 Å². The minimum absolute atomic E-state index is 0.0943. The number of aryl methyl sites for hydroxylation is 1. The monoisotopic (exact) mass is 449 g/mol. The minimum Gasteiger partial charge on any atom is -0.485 e. The lowest BCUT2D eigenvalue weighted by Gasteiger charge is -2.18. The van der Waals surface area contributed by atoms with Crippen molar-refractivity contribution in [1.29, 1.82) is 0 Å². The quantitative estimate of drug-likeness (QED) is 0.592. The molecule has 0 aliphatic carbocycles. The van der Waals surface area contributed by atoms with Crippen LogP contribution in [-0.2, 0) is 22.6 Å². The van der Waals surface area contributed by atoms with E-state index < -0.39 is 6.10 Å². The van der Waals surface area contributed by atoms with E-state index in [1.54, 1.807) is 24.3 Å². The summed E-state index contributed by atoms with van der Waals surface area (Å²) in [6.07, 6.45) is -1.58. The second kappa shape index (κ2) is 7.65. The van der Waals surface area contributed by atoms with Gasteiger partial charge in [-0.25, -0.2) is 4.98 Å². The Morgan fingerprint density at radius 1 is 1.06 bits per heavy atom. The van der Waals surface area contributed by atoms with Crippen molar-refractivity contribution < 1.29 is 28.9 Å². The van der Waals surface area contributed by atoms with Crippen molar-refractivity contribution in [2.45, 2.75) is 44.4 Å². The summed E-state index contributed by atoms with van der Waals surface area (Å²) in [6.45, 7) is 3.30. The lowest BCUT2D eigenvalue weighted by Crippen LogP contribution is -2.34. The number of benzene rings is 2. The zero-order valence-electron chi connectivity index (χ0n) is 18.0. The van der Waals surface area contributed by atoms with Crippen LogP contribution in [0.2, 0.25) is 0 Å². The van der Waals surface area contributed by atoms with E-state index in [2.05, 4.69) is 0 Å². The first-order valence-electron chi connectivity index (χ1n) is 11.1. The molecule has 2 saturated heterocycles. The summed E-state index contributed by atoms with van der Waals surface area (Å²) in [4.78, 5) is 31.5. The van der Waals surface area contributed by atoms with Crippen LogP contribution in [0.25, 0.3) is 11.0 Å². The molecule has 4 heterocycles. The SMILES string of the molecule is CCn1c(CN2C(=O)c3ccccc3C2=O)nc2ccc(OC3COC4C(O)COC34)cc21. The number of ether oxygens (including phenoxy) is 3. The Labute approximate surface area is 189 Å². The molecule has 1 N–H and O–H groups in total. The number of aliphatic hydroxyl groups excluding tert-OH is 1. The van der Waals surface area contributed by atoms with Crippen LogP contribution in [-0.4, -0.2) is 69.0 Å². The van der Waals surface area contributed by atoms with Gasteiger partial charge in [0, 0.05) is 12.6 Å². The molecule has 170 valence electrons. The van der Waals surface area contributed by atoms with E-state index in [-0.39, 0.29) is 43.3 Å². The van der Waals surface area contributed by atoms with Crippen LogP contribution in [0.4, 0.5) is 0 Å². The van der Waals surface area contributed by atoms with Crippen molar-refractivity contribution in [2.24, 2.45) is 0 Å². The van der Waals surface area contributed by atoms with E-state index in [9.17, 15) is 14.7 Å². The van der Waals surface area contributed by atoms with Crippen LogP contribution in [0.15, 0.2) is 42.5 Å². The molecule has 9 nitrogen and oxygen atoms in total. The van der Waals surface area contributed by atoms with Gasteiger partial charge in [-0.05, 0) is 31.2 Å². The van der Waals surface area contributed by atoms with Crippen LogP contribution in [0.5, 0.6) is 5.75 Å². The highest BCUT2D eigenvalue weighted by Gasteiger charge is 2.48. The van der Waals surface area contributed by atoms with Crippen LogP contribution < -0.4 is 4.74 Å². The normalized spacial score (nSPS) is 26.3. The molecular weight excluding hydrogens is 426 g/mol. The summed E-state index contributed by atoms with van der Waals surface area (Å²) < 4.78 is 19.4. The first kappa shape index (κ1) is 20.3. The Morgan fingerprint density at radius 2 is 1.79 bits per heavy atom. The van der Waals surface area contributed by atoms with Gasteiger partial charge in [-0.15, -0.1) is 0 Å². The smallest absolute Gasteiger partial charge is 0.261 e. The molecule has 33 heavy (non-hydrogen) atoms. The predicted octanol–water partition coefficient (Wildman–Crippen LogP) is 1.76. The molecular formula is C24H23N3O6. The lowest BCUT2D eigenvalue weighted by molar-refractivity contribution is 0.00864. The van der Waals surface area contributed by atoms with Gasteiger partial charge in [0.15, 0.2) is 6.10 Å². The maximum Gasteiger partial charge on any atom is 0.261 e. The van der Waals surface area contributed by atoms with Gasteiger partial charge in [-0.2, -0.15) is 0 Å². The first-order chi connectivity index (χ1) is 16.0. The van der Waals surface area contributed by atoms with Gasteiger partial charge in [-0.1, -0.05) is 12.1 Å². The fourth-order valence-electron chi connectivity index (χ4n) is 4.94. The molecule has 2 aromatic carbocycles. The second-order valence-electron chi connectivity index (χ2n) is 8.48. The molecule has 2 amide bonds. The Morgan fingerprint density at radius 3 is 2.52 bits per heavy atom. The third-order valence-corrected chi connectivity index (χ3v) is 6.56. The highest BCUT2D eigenvalue weighted by atomic mass is 16.6. The Bertz CT molecular complexity index is 1240. The van der Waals surface area contributed by atoms with Gasteiger partial charge >= 0.3 is 0 Å². The standard InChI is InChI=1S/C24H23N3O6/c1-2-26-17-9-13(33-19-12-32-21-18(28)11-31-22(19)21)7-8-16(17)25-20(26)10-27-23(29)14-5-3-4-6-15(14)24(27)30/h3-9,18-19,21-22,28H,2,10-12H2,1H3. The summed E-state index contributed by atoms with van der Waals surface area (Å²) in [5.41, 5.74) is 2.45. The van der Waals surface area contributed by atoms with Crippen molar-refractivity contribution in [3.05, 3.63) is 59.4 Å². The zero-order valence-corrected chi connectivity index (χ0v) is 18.0. The topological polar surface area (TPSA) is 103 Å². The number of aliphatic hydroxyl groups is 1. The maximum absolute atomic E-state index is 12.8. The predicted molar refractivity (Wildman–Crippen MR) is 116 cm³/mol. The summed E-state index contributed by atoms with van der Waals surface area (Å²) in [6, 6.07) is 12.5. The molecule has 3 aromatic rings. The van der Waals surface area contributed by atoms with Gasteiger partial charge in [-0.3, -0.25) is 14.5 Å². The van der Waals surface area contributed by atoms with Gasteiger partial charge in [0.1, 0.15) is 29.9 Å². The summed E-state index contributed by atoms with van der Waals surface area (Å²) >= 11 is 0. The van der Waals surface area contributed by atoms with E-state index in [4.69, 9.17) is 19.2 Å². The molecule has 6 rings (SSSR count). The van der Waals surface area contributed by atoms with E-state index in [1.807, 2.05) is 29.7 Å². The van der Waals surface area contributed by atoms with E-state index in [0.29, 0.717) is 35.9 Å². The number of carbonyl (C=O) groups excluding carboxylic acids is 2. The van der Waals surface area contributed by atoms with Crippen LogP contribution >= 0.6 is 0 Å². The van der Waals surface area contributed by atoms with Crippen LogP contribution in [0, 0.1) is 0 Å². The first-order valence-corrected chi connectivity index (χ1v) is 11.1. The Balaban J connectivity index is 1.27. The molecule has 4 unspecified atom stereocenters. The number of nitrogens with zero attached hydrogens (tertiary/aromatic N) is 3. The van der Waals surface area contributed by atoms with E-state index in [1.165, 1.54) is 4.90 Å². The molecule has 2 fully saturated rings. The zero-order chi connectivity index (χ0) is 22.7. The molecule has 4 atom stereocenters. The molecule has 0 bridgehead atoms. The number of hydrogen-bond acceptors (Lipinski definition) is 7. The van der Waals surface area contributed by atoms with Gasteiger partial charge in [0.25, 0.3) is 11.8 Å². The van der Waals surface area contributed by atoms with Crippen molar-refractivity contribution in [1.82, 2.24) is 14.5 Å². The molecule has 0 radical (unpaired) electrons. The summed E-state index contributed by atoms with van der Waals surface area (Å²) in [5.74, 6) is 0.669. The number of imidazole rings is 1. The van der Waals surface area contributed by atoms with Crippen molar-refractivity contribution in [3.8, 4) is 5.75 Å². The Hall–Kier alpha value is -3.27. The molecule has 3 aliphatic heterocycles. The lowest BCUT2D eigenvalue weighted by atomic mass is 10.1. The number of fused-ring (bicyclic) bond motifs is 3. The second-order valence-corrected chi connectivity index (χ2v) is 8.48. The molecule has 0 spiro atoms. The van der Waals surface area contributed by atoms with E-state index in [0.717, 1.165) is 11.0 Å². The summed E-state index contributed by atoms with van der Waals surface area (Å²) in [5, 5.41) is 9.94. The number of amides is 2. The van der Waals surface area contributed by atoms with Crippen molar-refractivity contribution >= 4 is 22.8 Å². The Kier molecular flexibility index (Phi) is 4.72. The average Bonchev–Trinajstić information content (AvgIpc) is 3.55. The summed E-state index contributed by atoms with van der Waals surface area (Å²) in [7, 11) is 0. The number of carbonyl (C=O) groups is 2. The third kappa shape index (κ3) is 3.15. The largest absolute Gasteiger partial charge is 0.485 e. The van der Waals surface area contributed by atoms with Crippen molar-refractivity contribution in [3.63, 3.8) is 0 Å². The molecule has 3 aliphatic rings. The highest BCUT2D eigenvalue weighted by Crippen LogP contribution is 2.32. The maximum atomic E-state index is 12.8. The third-order valence-electron chi connectivity index (χ3n) is 6.56. The highest BCUT2D eigenvalue weighted by molar-refractivity contribution is 6.21. The number of rotatable bonds is 5. The van der Waals surface area contributed by atoms with Crippen LogP contribution in [0.3, 0.4) is 0 Å². The molecule has 1 aromatic heterocycles. The van der Waals surface area contributed by atoms with Crippen molar-refractivity contribution in [2.75, 3.05) is 13.2 Å². The number of aromatic nitrogens is 2. The molecule has 0 saturated carbocycles.